The largest absolute Gasteiger partial charge is 0.508 e. The lowest BCUT2D eigenvalue weighted by molar-refractivity contribution is -0.120. The fourth-order valence-electron chi connectivity index (χ4n) is 12.9. The lowest BCUT2D eigenvalue weighted by Gasteiger charge is -2.47. The lowest BCUT2D eigenvalue weighted by Crippen LogP contribution is -2.51. The number of benzene rings is 3. The van der Waals surface area contributed by atoms with Gasteiger partial charge in [0.2, 0.25) is 5.91 Å². The van der Waals surface area contributed by atoms with Crippen molar-refractivity contribution in [2.45, 2.75) is 83.7 Å². The average molecular weight is 1040 g/mol. The van der Waals surface area contributed by atoms with Crippen LogP contribution in [0.1, 0.15) is 87.6 Å². The van der Waals surface area contributed by atoms with Crippen LogP contribution in [0.25, 0.3) is 32.9 Å². The van der Waals surface area contributed by atoms with Gasteiger partial charge in [-0.3, -0.25) is 24.8 Å². The molecule has 1 spiro atoms. The number of imide groups is 1. The summed E-state index contributed by atoms with van der Waals surface area (Å²) in [6.07, 6.45) is 16.3. The number of amides is 4. The van der Waals surface area contributed by atoms with E-state index in [2.05, 4.69) is 50.1 Å². The SMILES string of the molecule is C#Cc1c(F)ccc2cc(O)cc(-c3ncc4c(N5CC6CCC(C5)N6)nc(OC[C@@H](CN5CCN(CC6CCC7(CC6)CCN(C(=O)c6ccc(OC)c(N8CCC(=O)NC8=O)c6)CC7)CC5)C(C)C)nc4c3F)c12. The molecule has 11 rings (SSSR count). The van der Waals surface area contributed by atoms with Gasteiger partial charge in [-0.25, -0.2) is 13.6 Å². The number of methoxy groups -OCH3 is 1. The summed E-state index contributed by atoms with van der Waals surface area (Å²) in [6.45, 7) is 13.7. The van der Waals surface area contributed by atoms with Crippen LogP contribution >= 0.6 is 0 Å². The third kappa shape index (κ3) is 10.3. The summed E-state index contributed by atoms with van der Waals surface area (Å²) >= 11 is 0. The Morgan fingerprint density at radius 1 is 0.921 bits per heavy atom. The zero-order chi connectivity index (χ0) is 52.8. The van der Waals surface area contributed by atoms with Crippen molar-refractivity contribution in [3.63, 3.8) is 0 Å². The number of hydrogen-bond donors (Lipinski definition) is 3. The molecule has 76 heavy (non-hydrogen) atoms. The number of likely N-dealkylation sites (tertiary alicyclic amines) is 1. The maximum absolute atomic E-state index is 17.2. The van der Waals surface area contributed by atoms with Crippen molar-refractivity contribution < 1.29 is 37.7 Å². The van der Waals surface area contributed by atoms with Crippen LogP contribution in [0.4, 0.5) is 25.1 Å². The average Bonchev–Trinajstić information content (AvgIpc) is 3.77. The Bertz CT molecular complexity index is 3080. The number of anilines is 2. The number of piperazine rings is 2. The van der Waals surface area contributed by atoms with Crippen LogP contribution in [-0.2, 0) is 4.79 Å². The summed E-state index contributed by atoms with van der Waals surface area (Å²) in [7, 11) is 1.53. The zero-order valence-electron chi connectivity index (χ0n) is 43.8. The van der Waals surface area contributed by atoms with E-state index >= 15 is 8.78 Å². The van der Waals surface area contributed by atoms with Crippen molar-refractivity contribution in [1.29, 1.82) is 0 Å². The molecule has 400 valence electrons. The first-order chi connectivity index (χ1) is 36.7. The summed E-state index contributed by atoms with van der Waals surface area (Å²) in [5.74, 6) is 2.67. The zero-order valence-corrected chi connectivity index (χ0v) is 43.8. The fourth-order valence-corrected chi connectivity index (χ4v) is 12.9. The van der Waals surface area contributed by atoms with E-state index in [-0.39, 0.29) is 93.6 Å². The number of halogens is 2. The van der Waals surface area contributed by atoms with Crippen LogP contribution in [0.15, 0.2) is 48.7 Å². The number of ether oxygens (including phenoxy) is 2. The number of aromatic nitrogens is 3. The second kappa shape index (κ2) is 21.4. The molecule has 5 aliphatic heterocycles. The molecule has 2 aromatic heterocycles. The van der Waals surface area contributed by atoms with Gasteiger partial charge in [-0.2, -0.15) is 9.97 Å². The number of piperidine rings is 1. The summed E-state index contributed by atoms with van der Waals surface area (Å²) in [5, 5.41) is 17.9. The number of phenols is 1. The molecular formula is C58H68F2N10O6. The molecule has 1 aliphatic carbocycles. The quantitative estimate of drug-likeness (QED) is 0.0988. The number of carbonyl (C=O) groups is 3. The predicted molar refractivity (Wildman–Crippen MR) is 287 cm³/mol. The number of nitrogens with one attached hydrogen (secondary N) is 2. The van der Waals surface area contributed by atoms with Crippen LogP contribution in [0, 0.1) is 47.1 Å². The number of pyridine rings is 1. The number of hydrogen-bond acceptors (Lipinski definition) is 13. The Hall–Kier alpha value is -6.68. The fraction of sp³-hybridized carbons (Fsp3) is 0.517. The molecule has 18 heteroatoms. The molecule has 7 heterocycles. The molecule has 5 saturated heterocycles. The summed E-state index contributed by atoms with van der Waals surface area (Å²) in [4.78, 5) is 63.3. The van der Waals surface area contributed by atoms with Crippen molar-refractivity contribution in [2.24, 2.45) is 23.2 Å². The minimum atomic E-state index is -0.737. The second-order valence-corrected chi connectivity index (χ2v) is 22.5. The minimum absolute atomic E-state index is 0.0300. The van der Waals surface area contributed by atoms with Crippen molar-refractivity contribution in [1.82, 2.24) is 40.3 Å². The molecule has 5 aromatic rings. The predicted octanol–water partition coefficient (Wildman–Crippen LogP) is 7.59. The standard InChI is InChI=1S/C58H68F2N10O6/c1-5-43-46(59)10-6-37-26-42(71)28-44(50(37)43)52-51(60)53-45(29-61-52)54(69-32-40-8-9-41(33-69)62-40)65-56(64-53)76-34-39(35(2)3)31-67-24-22-66(23-25-67)30-36-12-15-58(16-13-36)17-20-68(21-18-58)55(73)38-7-11-48(75-4)47(27-38)70-19-14-49(72)63-57(70)74/h1,6-7,10-11,26-29,35-36,39-41,62,71H,8-9,12-25,30-34H2,2-4H3,(H,63,72,74)/t39-,40?,41?/m1/s1. The van der Waals surface area contributed by atoms with Gasteiger partial charge < -0.3 is 39.5 Å². The van der Waals surface area contributed by atoms with Crippen molar-refractivity contribution in [3.8, 4) is 41.1 Å². The van der Waals surface area contributed by atoms with E-state index in [1.165, 1.54) is 62.0 Å². The molecule has 3 N–H and O–H groups in total. The van der Waals surface area contributed by atoms with Crippen LogP contribution in [0.3, 0.4) is 0 Å². The summed E-state index contributed by atoms with van der Waals surface area (Å²) < 4.78 is 44.3. The van der Waals surface area contributed by atoms with Gasteiger partial charge in [0.05, 0.1) is 30.4 Å². The van der Waals surface area contributed by atoms with E-state index in [0.29, 0.717) is 72.3 Å². The van der Waals surface area contributed by atoms with Gasteiger partial charge >= 0.3 is 12.0 Å². The summed E-state index contributed by atoms with van der Waals surface area (Å²) in [5.41, 5.74) is 1.29. The van der Waals surface area contributed by atoms with Gasteiger partial charge in [-0.15, -0.1) is 6.42 Å². The molecule has 2 bridgehead atoms. The molecular weight excluding hydrogens is 971 g/mol. The second-order valence-electron chi connectivity index (χ2n) is 22.5. The van der Waals surface area contributed by atoms with E-state index in [1.807, 2.05) is 4.90 Å². The number of terminal acetylenes is 1. The molecule has 1 saturated carbocycles. The number of rotatable bonds is 13. The Morgan fingerprint density at radius 3 is 2.36 bits per heavy atom. The molecule has 16 nitrogen and oxygen atoms in total. The number of phenolic OH excluding ortho intramolecular Hbond substituents is 1. The molecule has 4 amide bonds. The maximum Gasteiger partial charge on any atom is 0.328 e. The lowest BCUT2D eigenvalue weighted by atomic mass is 9.65. The normalized spacial score (nSPS) is 21.9. The van der Waals surface area contributed by atoms with Crippen LogP contribution in [0.5, 0.6) is 17.5 Å². The molecule has 3 aromatic carbocycles. The Morgan fingerprint density at radius 2 is 1.66 bits per heavy atom. The number of urea groups is 1. The Labute approximate surface area is 442 Å². The van der Waals surface area contributed by atoms with Gasteiger partial charge in [-0.1, -0.05) is 25.8 Å². The number of carbonyl (C=O) groups excluding carboxylic acids is 3. The van der Waals surface area contributed by atoms with Gasteiger partial charge in [0.25, 0.3) is 5.91 Å². The molecule has 0 radical (unpaired) electrons. The van der Waals surface area contributed by atoms with Crippen molar-refractivity contribution >= 4 is 51.0 Å². The van der Waals surface area contributed by atoms with E-state index in [1.54, 1.807) is 24.4 Å². The van der Waals surface area contributed by atoms with Crippen LogP contribution in [-0.4, -0.2) is 150 Å². The third-order valence-electron chi connectivity index (χ3n) is 17.5. The summed E-state index contributed by atoms with van der Waals surface area (Å²) in [6, 6.07) is 10.9. The van der Waals surface area contributed by atoms with E-state index in [9.17, 15) is 19.5 Å². The van der Waals surface area contributed by atoms with Gasteiger partial charge in [0, 0.05) is 119 Å². The monoisotopic (exact) mass is 1040 g/mol. The highest BCUT2D eigenvalue weighted by atomic mass is 19.1. The van der Waals surface area contributed by atoms with Gasteiger partial charge in [0.1, 0.15) is 34.3 Å². The van der Waals surface area contributed by atoms with Crippen molar-refractivity contribution in [3.05, 3.63) is 71.4 Å². The first kappa shape index (κ1) is 51.4. The number of aromatic hydroxyl groups is 1. The smallest absolute Gasteiger partial charge is 0.328 e. The molecule has 2 unspecified atom stereocenters. The topological polar surface area (TPSA) is 169 Å². The van der Waals surface area contributed by atoms with Crippen LogP contribution in [0.2, 0.25) is 0 Å². The Balaban J connectivity index is 0.701. The highest BCUT2D eigenvalue weighted by molar-refractivity contribution is 6.07. The maximum atomic E-state index is 17.2. The van der Waals surface area contributed by atoms with E-state index in [0.717, 1.165) is 65.0 Å². The highest BCUT2D eigenvalue weighted by Gasteiger charge is 2.40. The molecule has 6 fully saturated rings. The first-order valence-corrected chi connectivity index (χ1v) is 27.2. The highest BCUT2D eigenvalue weighted by Crippen LogP contribution is 2.47. The van der Waals surface area contributed by atoms with Crippen LogP contribution < -0.4 is 29.9 Å². The van der Waals surface area contributed by atoms with Gasteiger partial charge in [0.15, 0.2) is 5.82 Å². The minimum Gasteiger partial charge on any atom is -0.508 e. The van der Waals surface area contributed by atoms with Crippen molar-refractivity contribution in [2.75, 3.05) is 95.5 Å². The van der Waals surface area contributed by atoms with E-state index in [4.69, 9.17) is 25.9 Å². The molecule has 3 atom stereocenters. The number of nitrogens with zero attached hydrogens (tertiary/aromatic N) is 8. The Kier molecular flexibility index (Phi) is 14.5. The number of fused-ring (bicyclic) bond motifs is 4. The van der Waals surface area contributed by atoms with E-state index < -0.39 is 17.7 Å². The first-order valence-electron chi connectivity index (χ1n) is 27.2. The third-order valence-corrected chi connectivity index (χ3v) is 17.5. The molecule has 6 aliphatic rings. The van der Waals surface area contributed by atoms with Gasteiger partial charge in [-0.05, 0) is 110 Å².